The van der Waals surface area contributed by atoms with Gasteiger partial charge in [0.1, 0.15) is 0 Å². The molecule has 3 nitrogen and oxygen atoms in total. The van der Waals surface area contributed by atoms with Crippen LogP contribution < -0.4 is 4.90 Å². The summed E-state index contributed by atoms with van der Waals surface area (Å²) in [5.74, 6) is 0.137. The van der Waals surface area contributed by atoms with Crippen LogP contribution in [0.25, 0.3) is 0 Å². The Morgan fingerprint density at radius 3 is 2.29 bits per heavy atom. The highest BCUT2D eigenvalue weighted by molar-refractivity contribution is 7.17. The quantitative estimate of drug-likeness (QED) is 0.758. The van der Waals surface area contributed by atoms with Gasteiger partial charge in [-0.15, -0.1) is 0 Å². The molecule has 0 aromatic carbocycles. The molecule has 0 aliphatic carbocycles. The molecular formula is C13H20N2OS. The lowest BCUT2D eigenvalue weighted by Crippen LogP contribution is -2.19. The highest BCUT2D eigenvalue weighted by atomic mass is 32.1. The molecule has 2 heterocycles. The normalized spacial score (nSPS) is 16.6. The summed E-state index contributed by atoms with van der Waals surface area (Å²) in [6.07, 6.45) is 2.47. The molecule has 0 N–H and O–H groups in total. The molecule has 4 heteroatoms. The molecule has 1 fully saturated rings. The van der Waals surface area contributed by atoms with Crippen LogP contribution in [-0.2, 0) is 5.41 Å². The van der Waals surface area contributed by atoms with Gasteiger partial charge in [-0.25, -0.2) is 4.98 Å². The van der Waals surface area contributed by atoms with Crippen molar-refractivity contribution in [3.05, 3.63) is 10.6 Å². The lowest BCUT2D eigenvalue weighted by atomic mass is 9.91. The molecule has 1 aromatic heterocycles. The van der Waals surface area contributed by atoms with E-state index in [1.807, 2.05) is 0 Å². The molecular weight excluding hydrogens is 232 g/mol. The van der Waals surface area contributed by atoms with Gasteiger partial charge in [0.15, 0.2) is 10.9 Å². The molecule has 17 heavy (non-hydrogen) atoms. The third-order valence-electron chi connectivity index (χ3n) is 3.02. The standard InChI is InChI=1S/C13H20N2OS/c1-9(16)10-11(13(2,3)4)14-12(17-10)15-7-5-6-8-15/h5-8H2,1-4H3. The van der Waals surface area contributed by atoms with Crippen molar-refractivity contribution in [3.63, 3.8) is 0 Å². The fourth-order valence-electron chi connectivity index (χ4n) is 2.10. The van der Waals surface area contributed by atoms with Crippen LogP contribution in [0, 0.1) is 0 Å². The molecule has 94 valence electrons. The van der Waals surface area contributed by atoms with Crippen molar-refractivity contribution in [1.29, 1.82) is 0 Å². The van der Waals surface area contributed by atoms with E-state index in [1.54, 1.807) is 18.3 Å². The Morgan fingerprint density at radius 2 is 1.88 bits per heavy atom. The van der Waals surface area contributed by atoms with E-state index < -0.39 is 0 Å². The van der Waals surface area contributed by atoms with Gasteiger partial charge in [0, 0.05) is 25.4 Å². The molecule has 1 aliphatic rings. The maximum absolute atomic E-state index is 11.7. The van der Waals surface area contributed by atoms with Gasteiger partial charge in [-0.05, 0) is 12.8 Å². The minimum absolute atomic E-state index is 0.0600. The Hall–Kier alpha value is -0.900. The third-order valence-corrected chi connectivity index (χ3v) is 4.24. The van der Waals surface area contributed by atoms with Crippen LogP contribution >= 0.6 is 11.3 Å². The first-order chi connectivity index (χ1) is 7.89. The first kappa shape index (κ1) is 12.6. The van der Waals surface area contributed by atoms with Gasteiger partial charge in [0.25, 0.3) is 0 Å². The van der Waals surface area contributed by atoms with Gasteiger partial charge in [-0.2, -0.15) is 0 Å². The van der Waals surface area contributed by atoms with Crippen LogP contribution in [0.2, 0.25) is 0 Å². The fourth-order valence-corrected chi connectivity index (χ4v) is 3.32. The molecule has 0 radical (unpaired) electrons. The summed E-state index contributed by atoms with van der Waals surface area (Å²) in [6, 6.07) is 0. The molecule has 1 saturated heterocycles. The highest BCUT2D eigenvalue weighted by Gasteiger charge is 2.27. The summed E-state index contributed by atoms with van der Waals surface area (Å²) in [5, 5.41) is 1.03. The average molecular weight is 252 g/mol. The molecule has 1 aromatic rings. The van der Waals surface area contributed by atoms with Crippen LogP contribution in [0.15, 0.2) is 0 Å². The Kier molecular flexibility index (Phi) is 3.25. The SMILES string of the molecule is CC(=O)c1sc(N2CCCC2)nc1C(C)(C)C. The average Bonchev–Trinajstić information content (AvgIpc) is 2.85. The molecule has 0 saturated carbocycles. The van der Waals surface area contributed by atoms with Gasteiger partial charge < -0.3 is 4.90 Å². The molecule has 1 aliphatic heterocycles. The number of hydrogen-bond acceptors (Lipinski definition) is 4. The lowest BCUT2D eigenvalue weighted by molar-refractivity contribution is 0.101. The maximum atomic E-state index is 11.7. The zero-order chi connectivity index (χ0) is 12.6. The van der Waals surface area contributed by atoms with Crippen molar-refractivity contribution in [2.24, 2.45) is 0 Å². The number of carbonyl (C=O) groups is 1. The predicted octanol–water partition coefficient (Wildman–Crippen LogP) is 3.24. The van der Waals surface area contributed by atoms with E-state index >= 15 is 0 Å². The van der Waals surface area contributed by atoms with Crippen LogP contribution in [0.3, 0.4) is 0 Å². The number of hydrogen-bond donors (Lipinski definition) is 0. The number of thiazole rings is 1. The van der Waals surface area contributed by atoms with E-state index in [2.05, 4.69) is 25.7 Å². The van der Waals surface area contributed by atoms with Crippen LogP contribution in [0.1, 0.15) is 55.9 Å². The summed E-state index contributed by atoms with van der Waals surface area (Å²) >= 11 is 1.56. The topological polar surface area (TPSA) is 33.2 Å². The largest absolute Gasteiger partial charge is 0.348 e. The molecule has 0 unspecified atom stereocenters. The van der Waals surface area contributed by atoms with Crippen LogP contribution in [-0.4, -0.2) is 23.9 Å². The highest BCUT2D eigenvalue weighted by Crippen LogP contribution is 2.35. The second kappa shape index (κ2) is 4.41. The minimum Gasteiger partial charge on any atom is -0.348 e. The summed E-state index contributed by atoms with van der Waals surface area (Å²) in [7, 11) is 0. The number of anilines is 1. The van der Waals surface area contributed by atoms with Crippen molar-refractivity contribution in [1.82, 2.24) is 4.98 Å². The Balaban J connectivity index is 2.40. The Morgan fingerprint density at radius 1 is 1.29 bits per heavy atom. The van der Waals surface area contributed by atoms with Crippen molar-refractivity contribution in [3.8, 4) is 0 Å². The van der Waals surface area contributed by atoms with E-state index in [0.29, 0.717) is 0 Å². The van der Waals surface area contributed by atoms with Crippen LogP contribution in [0.4, 0.5) is 5.13 Å². The number of carbonyl (C=O) groups excluding carboxylic acids is 1. The molecule has 2 rings (SSSR count). The van der Waals surface area contributed by atoms with Crippen LogP contribution in [0.5, 0.6) is 0 Å². The number of nitrogens with zero attached hydrogens (tertiary/aromatic N) is 2. The van der Waals surface area contributed by atoms with E-state index in [9.17, 15) is 4.79 Å². The van der Waals surface area contributed by atoms with E-state index in [1.165, 1.54) is 12.8 Å². The van der Waals surface area contributed by atoms with E-state index in [-0.39, 0.29) is 11.2 Å². The zero-order valence-corrected chi connectivity index (χ0v) is 11.9. The van der Waals surface area contributed by atoms with Crippen molar-refractivity contribution in [2.45, 2.75) is 46.0 Å². The monoisotopic (exact) mass is 252 g/mol. The molecule has 0 spiro atoms. The summed E-state index contributed by atoms with van der Waals surface area (Å²) in [6.45, 7) is 10.1. The first-order valence-corrected chi connectivity index (χ1v) is 6.98. The zero-order valence-electron chi connectivity index (χ0n) is 11.0. The van der Waals surface area contributed by atoms with Gasteiger partial charge >= 0.3 is 0 Å². The van der Waals surface area contributed by atoms with Crippen molar-refractivity contribution in [2.75, 3.05) is 18.0 Å². The van der Waals surface area contributed by atoms with Gasteiger partial charge in [0.05, 0.1) is 10.6 Å². The maximum Gasteiger partial charge on any atom is 0.186 e. The van der Waals surface area contributed by atoms with Gasteiger partial charge in [0.2, 0.25) is 0 Å². The minimum atomic E-state index is -0.0600. The van der Waals surface area contributed by atoms with Crippen molar-refractivity contribution < 1.29 is 4.79 Å². The third kappa shape index (κ3) is 2.51. The second-order valence-electron chi connectivity index (χ2n) is 5.67. The smallest absolute Gasteiger partial charge is 0.186 e. The molecule has 0 amide bonds. The molecule has 0 atom stereocenters. The van der Waals surface area contributed by atoms with E-state index in [0.717, 1.165) is 28.8 Å². The van der Waals surface area contributed by atoms with E-state index in [4.69, 9.17) is 4.98 Å². The number of Topliss-reactive ketones (excluding diaryl/α,β-unsaturated/α-hetero) is 1. The summed E-state index contributed by atoms with van der Waals surface area (Å²) in [4.78, 5) is 19.5. The molecule has 0 bridgehead atoms. The summed E-state index contributed by atoms with van der Waals surface area (Å²) in [5.41, 5.74) is 0.895. The fraction of sp³-hybridized carbons (Fsp3) is 0.692. The first-order valence-electron chi connectivity index (χ1n) is 6.17. The lowest BCUT2D eigenvalue weighted by Gasteiger charge is -2.17. The van der Waals surface area contributed by atoms with Crippen molar-refractivity contribution >= 4 is 22.3 Å². The summed E-state index contributed by atoms with van der Waals surface area (Å²) < 4.78 is 0. The number of aromatic nitrogens is 1. The van der Waals surface area contributed by atoms with Gasteiger partial charge in [-0.3, -0.25) is 4.79 Å². The Bertz CT molecular complexity index is 425. The second-order valence-corrected chi connectivity index (χ2v) is 6.65. The van der Waals surface area contributed by atoms with Gasteiger partial charge in [-0.1, -0.05) is 32.1 Å². The Labute approximate surface area is 107 Å². The predicted molar refractivity (Wildman–Crippen MR) is 72.3 cm³/mol. The number of rotatable bonds is 2. The number of ketones is 1.